The number of carbonyl (C=O) groups excluding carboxylic acids is 1. The maximum Gasteiger partial charge on any atom is 0.228 e. The van der Waals surface area contributed by atoms with E-state index >= 15 is 0 Å². The number of amides is 1. The first-order valence-corrected chi connectivity index (χ1v) is 11.7. The number of rotatable bonds is 7. The number of fused-ring (bicyclic) bond motifs is 1. The summed E-state index contributed by atoms with van der Waals surface area (Å²) in [6.07, 6.45) is 4.61. The molecule has 6 nitrogen and oxygen atoms in total. The zero-order chi connectivity index (χ0) is 21.8. The first-order valence-electron chi connectivity index (χ1n) is 10.8. The second-order valence-corrected chi connectivity index (χ2v) is 9.30. The van der Waals surface area contributed by atoms with Crippen molar-refractivity contribution in [2.24, 2.45) is 0 Å². The summed E-state index contributed by atoms with van der Waals surface area (Å²) in [6, 6.07) is 8.33. The number of nitrogens with zero attached hydrogens (tertiary/aromatic N) is 4. The van der Waals surface area contributed by atoms with E-state index in [0.717, 1.165) is 51.3 Å². The number of hydrogen-bond acceptors (Lipinski definition) is 6. The number of alkyl halides is 1. The SMILES string of the molecule is CCC(CF)NC1CCN(C(=O)Cc2cc3cc(-c4nnc(C)s4)ccc3cn2)CC1. The minimum absolute atomic E-state index is 0.0805. The van der Waals surface area contributed by atoms with Crippen LogP contribution in [0.25, 0.3) is 21.3 Å². The molecule has 164 valence electrons. The van der Waals surface area contributed by atoms with Crippen molar-refractivity contribution in [3.63, 3.8) is 0 Å². The van der Waals surface area contributed by atoms with Gasteiger partial charge in [0.25, 0.3) is 0 Å². The van der Waals surface area contributed by atoms with Gasteiger partial charge in [-0.15, -0.1) is 10.2 Å². The molecule has 1 atom stereocenters. The zero-order valence-corrected chi connectivity index (χ0v) is 18.8. The van der Waals surface area contributed by atoms with Crippen molar-refractivity contribution in [1.82, 2.24) is 25.4 Å². The molecule has 1 aliphatic rings. The van der Waals surface area contributed by atoms with Crippen LogP contribution in [0.5, 0.6) is 0 Å². The van der Waals surface area contributed by atoms with E-state index in [2.05, 4.69) is 26.6 Å². The smallest absolute Gasteiger partial charge is 0.228 e. The fourth-order valence-electron chi connectivity index (χ4n) is 4.00. The van der Waals surface area contributed by atoms with Gasteiger partial charge in [0.05, 0.1) is 12.1 Å². The van der Waals surface area contributed by atoms with Crippen molar-refractivity contribution in [2.45, 2.75) is 51.6 Å². The third-order valence-corrected chi connectivity index (χ3v) is 6.77. The molecule has 1 aromatic carbocycles. The van der Waals surface area contributed by atoms with Crippen LogP contribution in [0.4, 0.5) is 4.39 Å². The predicted octanol–water partition coefficient (Wildman–Crippen LogP) is 3.93. The van der Waals surface area contributed by atoms with Gasteiger partial charge in [0.15, 0.2) is 0 Å². The van der Waals surface area contributed by atoms with Crippen molar-refractivity contribution in [3.05, 3.63) is 41.2 Å². The zero-order valence-electron chi connectivity index (χ0n) is 18.0. The summed E-state index contributed by atoms with van der Waals surface area (Å²) in [4.78, 5) is 19.2. The second-order valence-electron chi connectivity index (χ2n) is 8.12. The van der Waals surface area contributed by atoms with E-state index < -0.39 is 0 Å². The van der Waals surface area contributed by atoms with Gasteiger partial charge >= 0.3 is 0 Å². The Bertz CT molecular complexity index is 1040. The molecule has 1 aliphatic heterocycles. The van der Waals surface area contributed by atoms with Gasteiger partial charge < -0.3 is 10.2 Å². The largest absolute Gasteiger partial charge is 0.342 e. The van der Waals surface area contributed by atoms with Crippen molar-refractivity contribution in [2.75, 3.05) is 19.8 Å². The van der Waals surface area contributed by atoms with Crippen molar-refractivity contribution >= 4 is 28.0 Å². The van der Waals surface area contributed by atoms with Crippen LogP contribution in [0.3, 0.4) is 0 Å². The van der Waals surface area contributed by atoms with Crippen LogP contribution in [-0.4, -0.2) is 57.8 Å². The minimum Gasteiger partial charge on any atom is -0.342 e. The van der Waals surface area contributed by atoms with E-state index in [-0.39, 0.29) is 31.1 Å². The Morgan fingerprint density at radius 3 is 2.74 bits per heavy atom. The molecular weight excluding hydrogens is 413 g/mol. The number of aromatic nitrogens is 3. The van der Waals surface area contributed by atoms with Crippen LogP contribution >= 0.6 is 11.3 Å². The molecule has 0 saturated carbocycles. The summed E-state index contributed by atoms with van der Waals surface area (Å²) in [6.45, 7) is 4.99. The van der Waals surface area contributed by atoms with Crippen LogP contribution in [0.2, 0.25) is 0 Å². The molecule has 0 aliphatic carbocycles. The number of pyridine rings is 1. The first kappa shape index (κ1) is 21.8. The van der Waals surface area contributed by atoms with E-state index in [1.165, 1.54) is 0 Å². The van der Waals surface area contributed by atoms with E-state index in [9.17, 15) is 9.18 Å². The molecule has 1 N–H and O–H groups in total. The second kappa shape index (κ2) is 9.78. The highest BCUT2D eigenvalue weighted by Gasteiger charge is 2.24. The molecule has 4 rings (SSSR count). The average Bonchev–Trinajstić information content (AvgIpc) is 3.23. The molecule has 0 spiro atoms. The molecule has 3 aromatic rings. The van der Waals surface area contributed by atoms with Crippen molar-refractivity contribution in [1.29, 1.82) is 0 Å². The molecular formula is C23H28FN5OS. The predicted molar refractivity (Wildman–Crippen MR) is 122 cm³/mol. The van der Waals surface area contributed by atoms with Crippen molar-refractivity contribution in [3.8, 4) is 10.6 Å². The van der Waals surface area contributed by atoms with E-state index in [1.54, 1.807) is 11.3 Å². The van der Waals surface area contributed by atoms with Crippen LogP contribution in [-0.2, 0) is 11.2 Å². The van der Waals surface area contributed by atoms with Crippen LogP contribution in [0.15, 0.2) is 30.5 Å². The Morgan fingerprint density at radius 1 is 1.26 bits per heavy atom. The maximum atomic E-state index is 13.0. The van der Waals surface area contributed by atoms with E-state index in [4.69, 9.17) is 0 Å². The number of piperidine rings is 1. The standard InChI is InChI=1S/C23H28FN5OS/c1-3-19(13-24)26-20-6-8-29(9-7-20)22(30)12-21-11-18-10-16(4-5-17(18)14-25-21)23-28-27-15(2)31-23/h4-5,10-11,14,19-20,26H,3,6-9,12-13H2,1-2H3. The lowest BCUT2D eigenvalue weighted by molar-refractivity contribution is -0.131. The van der Waals surface area contributed by atoms with Gasteiger partial charge in [-0.3, -0.25) is 9.78 Å². The lowest BCUT2D eigenvalue weighted by Crippen LogP contribution is -2.48. The molecule has 0 bridgehead atoms. The quantitative estimate of drug-likeness (QED) is 0.602. The van der Waals surface area contributed by atoms with Gasteiger partial charge in [0.1, 0.15) is 16.7 Å². The van der Waals surface area contributed by atoms with Gasteiger partial charge in [0.2, 0.25) is 5.91 Å². The molecule has 3 heterocycles. The van der Waals surface area contributed by atoms with Gasteiger partial charge in [0, 0.05) is 42.3 Å². The highest BCUT2D eigenvalue weighted by molar-refractivity contribution is 7.14. The molecule has 1 amide bonds. The fraction of sp³-hybridized carbons (Fsp3) is 0.478. The fourth-order valence-corrected chi connectivity index (χ4v) is 4.68. The summed E-state index contributed by atoms with van der Waals surface area (Å²) in [5.74, 6) is 0.0961. The van der Waals surface area contributed by atoms with Crippen LogP contribution < -0.4 is 5.32 Å². The Balaban J connectivity index is 1.39. The third-order valence-electron chi connectivity index (χ3n) is 5.88. The summed E-state index contributed by atoms with van der Waals surface area (Å²) in [5, 5.41) is 15.6. The highest BCUT2D eigenvalue weighted by Crippen LogP contribution is 2.27. The Hall–Kier alpha value is -2.45. The molecule has 2 aromatic heterocycles. The van der Waals surface area contributed by atoms with Crippen LogP contribution in [0.1, 0.15) is 36.9 Å². The van der Waals surface area contributed by atoms with Gasteiger partial charge in [-0.05, 0) is 43.7 Å². The number of nitrogens with one attached hydrogen (secondary N) is 1. The molecule has 0 radical (unpaired) electrons. The number of benzene rings is 1. The number of likely N-dealkylation sites (tertiary alicyclic amines) is 1. The lowest BCUT2D eigenvalue weighted by atomic mass is 10.0. The number of aryl methyl sites for hydroxylation is 1. The Kier molecular flexibility index (Phi) is 6.87. The summed E-state index contributed by atoms with van der Waals surface area (Å²) in [5.41, 5.74) is 1.79. The minimum atomic E-state index is -0.344. The number of hydrogen-bond donors (Lipinski definition) is 1. The molecule has 1 unspecified atom stereocenters. The number of halogens is 1. The van der Waals surface area contributed by atoms with Crippen molar-refractivity contribution < 1.29 is 9.18 Å². The molecule has 1 saturated heterocycles. The molecule has 8 heteroatoms. The Labute approximate surface area is 185 Å². The van der Waals surface area contributed by atoms with Gasteiger partial charge in [-0.2, -0.15) is 0 Å². The van der Waals surface area contributed by atoms with Gasteiger partial charge in [-0.25, -0.2) is 4.39 Å². The summed E-state index contributed by atoms with van der Waals surface area (Å²) >= 11 is 1.56. The third kappa shape index (κ3) is 5.25. The van der Waals surface area contributed by atoms with E-state index in [0.29, 0.717) is 13.1 Å². The molecule has 31 heavy (non-hydrogen) atoms. The summed E-state index contributed by atoms with van der Waals surface area (Å²) in [7, 11) is 0. The monoisotopic (exact) mass is 441 g/mol. The first-order chi connectivity index (χ1) is 15.1. The molecule has 1 fully saturated rings. The number of carbonyl (C=O) groups is 1. The van der Waals surface area contributed by atoms with E-state index in [1.807, 2.05) is 43.1 Å². The van der Waals surface area contributed by atoms with Gasteiger partial charge in [-0.1, -0.05) is 30.4 Å². The average molecular weight is 442 g/mol. The normalized spacial score (nSPS) is 16.0. The maximum absolute atomic E-state index is 13.0. The highest BCUT2D eigenvalue weighted by atomic mass is 32.1. The topological polar surface area (TPSA) is 71.0 Å². The Morgan fingerprint density at radius 2 is 2.06 bits per heavy atom. The summed E-state index contributed by atoms with van der Waals surface area (Å²) < 4.78 is 13.0. The lowest BCUT2D eigenvalue weighted by Gasteiger charge is -2.34. The van der Waals surface area contributed by atoms with Crippen LogP contribution in [0, 0.1) is 6.92 Å².